The molecule has 0 fully saturated rings. The van der Waals surface area contributed by atoms with Crippen LogP contribution in [0.3, 0.4) is 0 Å². The first-order valence-corrected chi connectivity index (χ1v) is 8.20. The summed E-state index contributed by atoms with van der Waals surface area (Å²) in [5.74, 6) is 0.316. The van der Waals surface area contributed by atoms with Gasteiger partial charge in [-0.05, 0) is 24.6 Å². The maximum Gasteiger partial charge on any atom is 0.263 e. The Morgan fingerprint density at radius 2 is 1.76 bits per heavy atom. The quantitative estimate of drug-likeness (QED) is 0.906. The van der Waals surface area contributed by atoms with Crippen molar-refractivity contribution in [3.05, 3.63) is 52.0 Å². The monoisotopic (exact) mass is 345 g/mol. The molecule has 0 aliphatic carbocycles. The number of ether oxygens (including phenoxy) is 1. The van der Waals surface area contributed by atoms with Crippen molar-refractivity contribution in [2.45, 2.75) is 11.8 Å². The first-order chi connectivity index (χ1) is 9.85. The number of methoxy groups -OCH3 is 1. The Balaban J connectivity index is 2.45. The lowest BCUT2D eigenvalue weighted by atomic mass is 10.2. The summed E-state index contributed by atoms with van der Waals surface area (Å²) < 4.78 is 32.4. The second-order valence-electron chi connectivity index (χ2n) is 4.34. The molecule has 0 bridgehead atoms. The van der Waals surface area contributed by atoms with Crippen LogP contribution in [0.15, 0.2) is 41.3 Å². The Bertz CT molecular complexity index is 776. The Kier molecular flexibility index (Phi) is 4.66. The minimum atomic E-state index is -3.84. The van der Waals surface area contributed by atoms with Gasteiger partial charge in [0.05, 0.1) is 22.8 Å². The first-order valence-electron chi connectivity index (χ1n) is 5.96. The third-order valence-corrected chi connectivity index (χ3v) is 5.01. The summed E-state index contributed by atoms with van der Waals surface area (Å²) >= 11 is 12.0. The molecule has 0 aliphatic rings. The van der Waals surface area contributed by atoms with Gasteiger partial charge in [0.25, 0.3) is 10.0 Å². The molecule has 0 amide bonds. The zero-order chi connectivity index (χ0) is 15.6. The molecule has 0 aromatic heterocycles. The summed E-state index contributed by atoms with van der Waals surface area (Å²) in [5.41, 5.74) is 1.29. The van der Waals surface area contributed by atoms with Crippen LogP contribution in [-0.2, 0) is 10.0 Å². The van der Waals surface area contributed by atoms with Crippen LogP contribution in [0.1, 0.15) is 5.56 Å². The highest BCUT2D eigenvalue weighted by Crippen LogP contribution is 2.34. The number of halogens is 2. The van der Waals surface area contributed by atoms with Crippen molar-refractivity contribution in [1.82, 2.24) is 0 Å². The number of hydrogen-bond donors (Lipinski definition) is 1. The van der Waals surface area contributed by atoms with E-state index in [0.29, 0.717) is 11.4 Å². The highest BCUT2D eigenvalue weighted by atomic mass is 35.5. The van der Waals surface area contributed by atoms with Crippen molar-refractivity contribution < 1.29 is 13.2 Å². The standard InChI is InChI=1S/C14H13Cl2NO3S/c1-9-5-3-4-6-12(9)17-21(18,19)14-8-10(15)13(20-2)7-11(14)16/h3-8,17H,1-2H3. The van der Waals surface area contributed by atoms with Crippen molar-refractivity contribution in [1.29, 1.82) is 0 Å². The molecule has 0 spiro atoms. The zero-order valence-corrected chi connectivity index (χ0v) is 13.7. The SMILES string of the molecule is COc1cc(Cl)c(S(=O)(=O)Nc2ccccc2C)cc1Cl. The van der Waals surface area contributed by atoms with Crippen molar-refractivity contribution in [3.8, 4) is 5.75 Å². The fourth-order valence-corrected chi connectivity index (χ4v) is 3.74. The molecule has 0 atom stereocenters. The average molecular weight is 346 g/mol. The summed E-state index contributed by atoms with van der Waals surface area (Å²) in [6.45, 7) is 1.81. The van der Waals surface area contributed by atoms with Gasteiger partial charge in [-0.1, -0.05) is 41.4 Å². The molecular formula is C14H13Cl2NO3S. The molecule has 0 unspecified atom stereocenters. The lowest BCUT2D eigenvalue weighted by Gasteiger charge is -2.13. The number of hydrogen-bond acceptors (Lipinski definition) is 3. The second-order valence-corrected chi connectivity index (χ2v) is 6.80. The van der Waals surface area contributed by atoms with E-state index in [1.807, 2.05) is 6.07 Å². The maximum atomic E-state index is 12.4. The van der Waals surface area contributed by atoms with Gasteiger partial charge >= 0.3 is 0 Å². The summed E-state index contributed by atoms with van der Waals surface area (Å²) in [7, 11) is -2.41. The number of rotatable bonds is 4. The fraction of sp³-hybridized carbons (Fsp3) is 0.143. The molecule has 7 heteroatoms. The van der Waals surface area contributed by atoms with Gasteiger partial charge < -0.3 is 4.74 Å². The van der Waals surface area contributed by atoms with Crippen LogP contribution in [0.5, 0.6) is 5.75 Å². The van der Waals surface area contributed by atoms with Crippen LogP contribution in [0.2, 0.25) is 10.0 Å². The van der Waals surface area contributed by atoms with Crippen LogP contribution in [0, 0.1) is 6.92 Å². The summed E-state index contributed by atoms with van der Waals surface area (Å²) in [4.78, 5) is -0.0989. The van der Waals surface area contributed by atoms with Gasteiger partial charge in [0.2, 0.25) is 0 Å². The van der Waals surface area contributed by atoms with Crippen LogP contribution in [0.25, 0.3) is 0 Å². The van der Waals surface area contributed by atoms with Crippen LogP contribution < -0.4 is 9.46 Å². The minimum absolute atomic E-state index is 0.0392. The van der Waals surface area contributed by atoms with E-state index in [4.69, 9.17) is 27.9 Å². The predicted molar refractivity (Wildman–Crippen MR) is 85.0 cm³/mol. The number of benzene rings is 2. The Hall–Kier alpha value is -1.43. The van der Waals surface area contributed by atoms with Crippen molar-refractivity contribution >= 4 is 38.9 Å². The van der Waals surface area contributed by atoms with E-state index in [9.17, 15) is 8.42 Å². The predicted octanol–water partition coefficient (Wildman–Crippen LogP) is 4.11. The van der Waals surface area contributed by atoms with Crippen molar-refractivity contribution in [2.75, 3.05) is 11.8 Å². The van der Waals surface area contributed by atoms with Crippen molar-refractivity contribution in [2.24, 2.45) is 0 Å². The topological polar surface area (TPSA) is 55.4 Å². The van der Waals surface area contributed by atoms with Crippen LogP contribution in [-0.4, -0.2) is 15.5 Å². The van der Waals surface area contributed by atoms with E-state index in [-0.39, 0.29) is 14.9 Å². The normalized spacial score (nSPS) is 11.2. The lowest BCUT2D eigenvalue weighted by Crippen LogP contribution is -2.14. The van der Waals surface area contributed by atoms with E-state index in [1.165, 1.54) is 19.2 Å². The molecule has 21 heavy (non-hydrogen) atoms. The van der Waals surface area contributed by atoms with E-state index in [0.717, 1.165) is 5.56 Å². The molecule has 0 saturated carbocycles. The molecule has 4 nitrogen and oxygen atoms in total. The molecule has 0 radical (unpaired) electrons. The lowest BCUT2D eigenvalue weighted by molar-refractivity contribution is 0.414. The molecule has 2 aromatic carbocycles. The first kappa shape index (κ1) is 15.9. The van der Waals surface area contributed by atoms with Gasteiger partial charge in [0.1, 0.15) is 10.6 Å². The van der Waals surface area contributed by atoms with Gasteiger partial charge in [0, 0.05) is 6.07 Å². The third kappa shape index (κ3) is 3.43. The van der Waals surface area contributed by atoms with Crippen LogP contribution in [0.4, 0.5) is 5.69 Å². The Morgan fingerprint density at radius 3 is 2.38 bits per heavy atom. The number of sulfonamides is 1. The van der Waals surface area contributed by atoms with Gasteiger partial charge in [-0.15, -0.1) is 0 Å². The average Bonchev–Trinajstić information content (AvgIpc) is 2.43. The molecule has 0 heterocycles. The molecular weight excluding hydrogens is 333 g/mol. The maximum absolute atomic E-state index is 12.4. The molecule has 112 valence electrons. The second kappa shape index (κ2) is 6.13. The molecule has 0 saturated heterocycles. The van der Waals surface area contributed by atoms with Gasteiger partial charge in [-0.2, -0.15) is 0 Å². The number of aryl methyl sites for hydroxylation is 1. The van der Waals surface area contributed by atoms with Gasteiger partial charge in [-0.25, -0.2) is 8.42 Å². The van der Waals surface area contributed by atoms with Gasteiger partial charge in [0.15, 0.2) is 0 Å². The molecule has 0 aliphatic heterocycles. The fourth-order valence-electron chi connectivity index (χ4n) is 1.76. The number of nitrogens with one attached hydrogen (secondary N) is 1. The molecule has 1 N–H and O–H groups in total. The zero-order valence-electron chi connectivity index (χ0n) is 11.4. The summed E-state index contributed by atoms with van der Waals surface area (Å²) in [5, 5.41) is 0.212. The summed E-state index contributed by atoms with van der Waals surface area (Å²) in [6, 6.07) is 9.68. The molecule has 2 rings (SSSR count). The Morgan fingerprint density at radius 1 is 1.10 bits per heavy atom. The molecule has 2 aromatic rings. The number of anilines is 1. The highest BCUT2D eigenvalue weighted by molar-refractivity contribution is 7.92. The number of para-hydroxylation sites is 1. The third-order valence-electron chi connectivity index (χ3n) is 2.89. The smallest absolute Gasteiger partial charge is 0.263 e. The van der Waals surface area contributed by atoms with Crippen LogP contribution >= 0.6 is 23.2 Å². The Labute approximate surface area is 133 Å². The van der Waals surface area contributed by atoms with E-state index >= 15 is 0 Å². The summed E-state index contributed by atoms with van der Waals surface area (Å²) in [6.07, 6.45) is 0. The van der Waals surface area contributed by atoms with E-state index in [1.54, 1.807) is 25.1 Å². The van der Waals surface area contributed by atoms with Crippen molar-refractivity contribution in [3.63, 3.8) is 0 Å². The highest BCUT2D eigenvalue weighted by Gasteiger charge is 2.21. The van der Waals surface area contributed by atoms with E-state index < -0.39 is 10.0 Å². The van der Waals surface area contributed by atoms with Gasteiger partial charge in [-0.3, -0.25) is 4.72 Å². The minimum Gasteiger partial charge on any atom is -0.495 e. The largest absolute Gasteiger partial charge is 0.495 e. The van der Waals surface area contributed by atoms with E-state index in [2.05, 4.69) is 4.72 Å².